The number of H-pyrrole nitrogens is 1. The van der Waals surface area contributed by atoms with Crippen molar-refractivity contribution in [3.8, 4) is 11.3 Å². The number of carbonyl (C=O) groups excluding carboxylic acids is 1. The third-order valence-corrected chi connectivity index (χ3v) is 4.90. The Kier molecular flexibility index (Phi) is 4.71. The summed E-state index contributed by atoms with van der Waals surface area (Å²) in [5.74, 6) is -0.0995. The molecule has 2 aromatic carbocycles. The number of amides is 1. The molecule has 4 rings (SSSR count). The second kappa shape index (κ2) is 7.30. The van der Waals surface area contributed by atoms with Crippen LogP contribution in [0.25, 0.3) is 22.2 Å². The largest absolute Gasteiger partial charge is 0.378 e. The van der Waals surface area contributed by atoms with Gasteiger partial charge in [-0.2, -0.15) is 0 Å². The molecule has 1 aromatic heterocycles. The van der Waals surface area contributed by atoms with Crippen LogP contribution in [-0.4, -0.2) is 42.1 Å². The zero-order chi connectivity index (χ0) is 17.9. The topological polar surface area (TPSA) is 45.3 Å². The minimum atomic E-state index is -0.256. The molecule has 1 fully saturated rings. The van der Waals surface area contributed by atoms with Crippen LogP contribution in [0.3, 0.4) is 0 Å². The summed E-state index contributed by atoms with van der Waals surface area (Å²) in [4.78, 5) is 17.8. The van der Waals surface area contributed by atoms with E-state index < -0.39 is 0 Å². The standard InChI is InChI=1S/C21H21FN2O2/c22-16-7-5-15(6-8-16)21-18(17-3-1-2-4-19(17)23-21)9-10-20(25)24-11-13-26-14-12-24/h1-8,23H,9-14H2. The van der Waals surface area contributed by atoms with E-state index in [4.69, 9.17) is 4.74 Å². The van der Waals surface area contributed by atoms with Crippen molar-refractivity contribution < 1.29 is 13.9 Å². The molecule has 1 amide bonds. The monoisotopic (exact) mass is 352 g/mol. The number of aromatic amines is 1. The molecule has 2 heterocycles. The van der Waals surface area contributed by atoms with Crippen LogP contribution in [0.2, 0.25) is 0 Å². The van der Waals surface area contributed by atoms with Gasteiger partial charge in [-0.3, -0.25) is 4.79 Å². The highest BCUT2D eigenvalue weighted by Gasteiger charge is 2.19. The number of para-hydroxylation sites is 1. The molecule has 0 spiro atoms. The van der Waals surface area contributed by atoms with E-state index in [1.165, 1.54) is 12.1 Å². The first kappa shape index (κ1) is 16.8. The van der Waals surface area contributed by atoms with E-state index in [1.54, 1.807) is 12.1 Å². The number of nitrogens with one attached hydrogen (secondary N) is 1. The first-order valence-electron chi connectivity index (χ1n) is 8.93. The molecular formula is C21H21FN2O2. The van der Waals surface area contributed by atoms with Crippen LogP contribution in [0.15, 0.2) is 48.5 Å². The van der Waals surface area contributed by atoms with Gasteiger partial charge in [0.2, 0.25) is 5.91 Å². The Labute approximate surface area is 151 Å². The number of hydrogen-bond donors (Lipinski definition) is 1. The van der Waals surface area contributed by atoms with Gasteiger partial charge in [-0.05, 0) is 47.9 Å². The molecule has 0 unspecified atom stereocenters. The number of hydrogen-bond acceptors (Lipinski definition) is 2. The predicted molar refractivity (Wildman–Crippen MR) is 99.4 cm³/mol. The molecule has 134 valence electrons. The highest BCUT2D eigenvalue weighted by molar-refractivity contribution is 5.91. The van der Waals surface area contributed by atoms with E-state index in [0.29, 0.717) is 39.1 Å². The number of fused-ring (bicyclic) bond motifs is 1. The summed E-state index contributed by atoms with van der Waals surface area (Å²) in [7, 11) is 0. The Morgan fingerprint density at radius 2 is 1.81 bits per heavy atom. The maximum Gasteiger partial charge on any atom is 0.223 e. The van der Waals surface area contributed by atoms with Crippen molar-refractivity contribution in [1.82, 2.24) is 9.88 Å². The number of halogens is 1. The van der Waals surface area contributed by atoms with Gasteiger partial charge in [0.1, 0.15) is 5.82 Å². The van der Waals surface area contributed by atoms with Crippen LogP contribution >= 0.6 is 0 Å². The zero-order valence-corrected chi connectivity index (χ0v) is 14.5. The molecule has 0 atom stereocenters. The van der Waals surface area contributed by atoms with Crippen molar-refractivity contribution in [2.45, 2.75) is 12.8 Å². The number of rotatable bonds is 4. The predicted octanol–water partition coefficient (Wildman–Crippen LogP) is 3.77. The van der Waals surface area contributed by atoms with Gasteiger partial charge >= 0.3 is 0 Å². The van der Waals surface area contributed by atoms with Crippen molar-refractivity contribution in [1.29, 1.82) is 0 Å². The molecule has 3 aromatic rings. The maximum absolute atomic E-state index is 13.3. The third kappa shape index (κ3) is 3.35. The molecule has 1 aliphatic rings. The molecule has 0 radical (unpaired) electrons. The summed E-state index contributed by atoms with van der Waals surface area (Å²) in [6.07, 6.45) is 1.10. The van der Waals surface area contributed by atoms with Gasteiger partial charge in [0.15, 0.2) is 0 Å². The molecule has 5 heteroatoms. The third-order valence-electron chi connectivity index (χ3n) is 4.90. The van der Waals surface area contributed by atoms with Crippen molar-refractivity contribution in [3.63, 3.8) is 0 Å². The Morgan fingerprint density at radius 1 is 1.08 bits per heavy atom. The first-order valence-corrected chi connectivity index (χ1v) is 8.93. The number of aromatic nitrogens is 1. The molecule has 0 aliphatic carbocycles. The molecule has 1 aliphatic heterocycles. The molecule has 26 heavy (non-hydrogen) atoms. The summed E-state index contributed by atoms with van der Waals surface area (Å²) < 4.78 is 18.6. The van der Waals surface area contributed by atoms with Crippen molar-refractivity contribution in [2.24, 2.45) is 0 Å². The number of morpholine rings is 1. The van der Waals surface area contributed by atoms with Gasteiger partial charge in [0.25, 0.3) is 0 Å². The van der Waals surface area contributed by atoms with E-state index in [1.807, 2.05) is 23.1 Å². The molecule has 1 N–H and O–H groups in total. The van der Waals surface area contributed by atoms with Crippen LogP contribution in [0.4, 0.5) is 4.39 Å². The number of carbonyl (C=O) groups is 1. The smallest absolute Gasteiger partial charge is 0.223 e. The SMILES string of the molecule is O=C(CCc1c(-c2ccc(F)cc2)[nH]c2ccccc12)N1CCOCC1. The van der Waals surface area contributed by atoms with Gasteiger partial charge in [0, 0.05) is 36.1 Å². The van der Waals surface area contributed by atoms with Gasteiger partial charge in [-0.1, -0.05) is 18.2 Å². The Balaban J connectivity index is 1.63. The number of benzene rings is 2. The highest BCUT2D eigenvalue weighted by atomic mass is 19.1. The molecule has 4 nitrogen and oxygen atoms in total. The lowest BCUT2D eigenvalue weighted by molar-refractivity contribution is -0.135. The van der Waals surface area contributed by atoms with Gasteiger partial charge in [-0.15, -0.1) is 0 Å². The Morgan fingerprint density at radius 3 is 2.58 bits per heavy atom. The molecule has 0 bridgehead atoms. The lowest BCUT2D eigenvalue weighted by Crippen LogP contribution is -2.40. The van der Waals surface area contributed by atoms with Gasteiger partial charge in [-0.25, -0.2) is 4.39 Å². The normalized spacial score (nSPS) is 14.7. The quantitative estimate of drug-likeness (QED) is 0.777. The fourth-order valence-corrected chi connectivity index (χ4v) is 3.53. The molecule has 1 saturated heterocycles. The second-order valence-electron chi connectivity index (χ2n) is 6.52. The number of nitrogens with zero attached hydrogens (tertiary/aromatic N) is 1. The summed E-state index contributed by atoms with van der Waals surface area (Å²) in [5.41, 5.74) is 4.02. The van der Waals surface area contributed by atoms with Crippen LogP contribution < -0.4 is 0 Å². The number of ether oxygens (including phenoxy) is 1. The fraction of sp³-hybridized carbons (Fsp3) is 0.286. The van der Waals surface area contributed by atoms with E-state index in [9.17, 15) is 9.18 Å². The lowest BCUT2D eigenvalue weighted by Gasteiger charge is -2.26. The van der Waals surface area contributed by atoms with Crippen LogP contribution in [-0.2, 0) is 16.0 Å². The van der Waals surface area contributed by atoms with Crippen molar-refractivity contribution in [3.05, 3.63) is 59.9 Å². The van der Waals surface area contributed by atoms with Crippen molar-refractivity contribution in [2.75, 3.05) is 26.3 Å². The minimum absolute atomic E-state index is 0.156. The van der Waals surface area contributed by atoms with Crippen LogP contribution in [0.1, 0.15) is 12.0 Å². The summed E-state index contributed by atoms with van der Waals surface area (Å²) >= 11 is 0. The molecular weight excluding hydrogens is 331 g/mol. The van der Waals surface area contributed by atoms with E-state index >= 15 is 0 Å². The van der Waals surface area contributed by atoms with Crippen LogP contribution in [0.5, 0.6) is 0 Å². The molecule has 0 saturated carbocycles. The summed E-state index contributed by atoms with van der Waals surface area (Å²) in [6.45, 7) is 2.55. The summed E-state index contributed by atoms with van der Waals surface area (Å²) in [5, 5.41) is 1.11. The first-order chi connectivity index (χ1) is 12.7. The Hall–Kier alpha value is -2.66. The van der Waals surface area contributed by atoms with Gasteiger partial charge < -0.3 is 14.6 Å². The van der Waals surface area contributed by atoms with E-state index in [2.05, 4.69) is 11.1 Å². The van der Waals surface area contributed by atoms with E-state index in [-0.39, 0.29) is 11.7 Å². The lowest BCUT2D eigenvalue weighted by atomic mass is 10.0. The number of aryl methyl sites for hydroxylation is 1. The fourth-order valence-electron chi connectivity index (χ4n) is 3.53. The zero-order valence-electron chi connectivity index (χ0n) is 14.5. The highest BCUT2D eigenvalue weighted by Crippen LogP contribution is 2.31. The van der Waals surface area contributed by atoms with Gasteiger partial charge in [0.05, 0.1) is 13.2 Å². The minimum Gasteiger partial charge on any atom is -0.378 e. The van der Waals surface area contributed by atoms with Crippen molar-refractivity contribution >= 4 is 16.8 Å². The average Bonchev–Trinajstić information content (AvgIpc) is 3.06. The van der Waals surface area contributed by atoms with Crippen LogP contribution in [0, 0.1) is 5.82 Å². The second-order valence-corrected chi connectivity index (χ2v) is 6.52. The average molecular weight is 352 g/mol. The Bertz CT molecular complexity index is 911. The van der Waals surface area contributed by atoms with E-state index in [0.717, 1.165) is 27.7 Å². The summed E-state index contributed by atoms with van der Waals surface area (Å²) in [6, 6.07) is 14.5. The maximum atomic E-state index is 13.3.